The van der Waals surface area contributed by atoms with E-state index in [0.29, 0.717) is 79.3 Å². The van der Waals surface area contributed by atoms with Gasteiger partial charge in [-0.05, 0) is 141 Å². The molecule has 14 heteroatoms. The first-order chi connectivity index (χ1) is 45.3. The Morgan fingerprint density at radius 2 is 0.247 bits per heavy atom. The summed E-state index contributed by atoms with van der Waals surface area (Å²) < 4.78 is 71.5. The van der Waals surface area contributed by atoms with Crippen LogP contribution in [-0.2, 0) is 56.8 Å². The van der Waals surface area contributed by atoms with Gasteiger partial charge in [-0.15, -0.1) is 0 Å². The van der Waals surface area contributed by atoms with Crippen molar-refractivity contribution in [2.45, 2.75) is 433 Å². The van der Waals surface area contributed by atoms with Gasteiger partial charge in [-0.25, -0.2) is 0 Å². The summed E-state index contributed by atoms with van der Waals surface area (Å²) in [5, 5.41) is 0. The molecule has 0 unspecified atom stereocenters. The SMILES string of the molecule is CCOC(CCCCCCCCCCCCC(N)(CCCCCCCCCCCCC(OCC)(OCC)OCC)CC(N)(CCCCCCCCCCCCC(OCC)(OCC)OCC)CCCCCCCCCCCCC(OCC)(OCC)OCC)(OCC)OCC. The minimum absolute atomic E-state index is 0.212. The van der Waals surface area contributed by atoms with Crippen molar-refractivity contribution in [3.05, 3.63) is 0 Å². The molecule has 0 fully saturated rings. The van der Waals surface area contributed by atoms with Gasteiger partial charge in [-0.3, -0.25) is 0 Å². The molecule has 0 bridgehead atoms. The Hall–Kier alpha value is -0.560. The third-order valence-corrected chi connectivity index (χ3v) is 18.7. The van der Waals surface area contributed by atoms with Crippen molar-refractivity contribution < 1.29 is 56.8 Å². The first-order valence-electron chi connectivity index (χ1n) is 40.5. The fourth-order valence-electron chi connectivity index (χ4n) is 14.2. The Kier molecular flexibility index (Phi) is 63.2. The van der Waals surface area contributed by atoms with E-state index in [1.54, 1.807) is 0 Å². The van der Waals surface area contributed by atoms with E-state index in [0.717, 1.165) is 83.5 Å². The maximum Gasteiger partial charge on any atom is 0.282 e. The normalized spacial score (nSPS) is 13.0. The molecule has 0 saturated carbocycles. The summed E-state index contributed by atoms with van der Waals surface area (Å²) in [7, 11) is 0. The number of hydrogen-bond donors (Lipinski definition) is 2. The van der Waals surface area contributed by atoms with Gasteiger partial charge in [0.2, 0.25) is 0 Å². The van der Waals surface area contributed by atoms with Crippen LogP contribution in [0.3, 0.4) is 0 Å². The lowest BCUT2D eigenvalue weighted by molar-refractivity contribution is -0.380. The Morgan fingerprint density at radius 1 is 0.151 bits per heavy atom. The topological polar surface area (TPSA) is 163 Å². The maximum absolute atomic E-state index is 7.80. The van der Waals surface area contributed by atoms with Crippen molar-refractivity contribution in [1.82, 2.24) is 0 Å². The molecule has 0 spiro atoms. The monoisotopic (exact) mass is 1330 g/mol. The number of hydrogen-bond acceptors (Lipinski definition) is 14. The minimum Gasteiger partial charge on any atom is -0.328 e. The van der Waals surface area contributed by atoms with E-state index in [9.17, 15) is 0 Å². The third-order valence-electron chi connectivity index (χ3n) is 18.7. The number of unbranched alkanes of at least 4 members (excludes halogenated alkanes) is 36. The molecule has 0 aromatic carbocycles. The number of nitrogens with two attached hydrogens (primary N) is 2. The summed E-state index contributed by atoms with van der Waals surface area (Å²) in [6.45, 7) is 31.2. The minimum atomic E-state index is -0.881. The summed E-state index contributed by atoms with van der Waals surface area (Å²) in [6, 6.07) is 0. The lowest BCUT2D eigenvalue weighted by Gasteiger charge is -2.40. The zero-order chi connectivity index (χ0) is 68.6. The number of ether oxygens (including phenoxy) is 12. The van der Waals surface area contributed by atoms with Crippen LogP contribution in [0.4, 0.5) is 0 Å². The van der Waals surface area contributed by atoms with E-state index in [1.807, 2.05) is 83.1 Å². The Morgan fingerprint density at radius 3 is 0.355 bits per heavy atom. The van der Waals surface area contributed by atoms with Gasteiger partial charge < -0.3 is 68.3 Å². The lowest BCUT2D eigenvalue weighted by atomic mass is 9.73. The fraction of sp³-hybridized carbons (Fsp3) is 1.00. The molecule has 0 heterocycles. The predicted octanol–water partition coefficient (Wildman–Crippen LogP) is 22.5. The van der Waals surface area contributed by atoms with Crippen molar-refractivity contribution in [3.8, 4) is 0 Å². The van der Waals surface area contributed by atoms with Crippen molar-refractivity contribution >= 4 is 0 Å². The van der Waals surface area contributed by atoms with Crippen LogP contribution in [0.15, 0.2) is 0 Å². The van der Waals surface area contributed by atoms with Crippen LogP contribution in [0, 0.1) is 0 Å². The second-order valence-electron chi connectivity index (χ2n) is 27.0. The first kappa shape index (κ1) is 92.4. The molecule has 0 aliphatic carbocycles. The average Bonchev–Trinajstić information content (AvgIpc) is 1.12. The summed E-state index contributed by atoms with van der Waals surface area (Å²) in [5.74, 6) is -3.52. The van der Waals surface area contributed by atoms with Crippen molar-refractivity contribution in [2.75, 3.05) is 79.3 Å². The third kappa shape index (κ3) is 49.6. The molecule has 0 saturated heterocycles. The second kappa shape index (κ2) is 63.6. The highest BCUT2D eigenvalue weighted by Crippen LogP contribution is 2.36. The van der Waals surface area contributed by atoms with Crippen LogP contribution in [0.5, 0.6) is 0 Å². The quantitative estimate of drug-likeness (QED) is 0.0437. The van der Waals surface area contributed by atoms with Crippen LogP contribution in [0.2, 0.25) is 0 Å². The molecule has 560 valence electrons. The molecule has 0 amide bonds. The van der Waals surface area contributed by atoms with Gasteiger partial charge in [0.05, 0.1) is 0 Å². The van der Waals surface area contributed by atoms with E-state index in [1.165, 1.54) is 231 Å². The second-order valence-corrected chi connectivity index (χ2v) is 27.0. The predicted molar refractivity (Wildman–Crippen MR) is 391 cm³/mol. The van der Waals surface area contributed by atoms with E-state index in [-0.39, 0.29) is 11.1 Å². The highest BCUT2D eigenvalue weighted by Gasteiger charge is 2.37. The molecular weight excluding hydrogens is 1170 g/mol. The molecule has 93 heavy (non-hydrogen) atoms. The molecule has 4 N–H and O–H groups in total. The van der Waals surface area contributed by atoms with Crippen molar-refractivity contribution in [2.24, 2.45) is 11.5 Å². The van der Waals surface area contributed by atoms with Crippen LogP contribution in [0.25, 0.3) is 0 Å². The molecule has 0 aliphatic rings. The van der Waals surface area contributed by atoms with Gasteiger partial charge in [0.1, 0.15) is 0 Å². The van der Waals surface area contributed by atoms with Crippen molar-refractivity contribution in [3.63, 3.8) is 0 Å². The number of rotatable bonds is 78. The largest absolute Gasteiger partial charge is 0.328 e. The molecule has 0 atom stereocenters. The van der Waals surface area contributed by atoms with E-state index < -0.39 is 23.9 Å². The Balaban J connectivity index is 5.68. The average molecular weight is 1330 g/mol. The van der Waals surface area contributed by atoms with E-state index in [2.05, 4.69) is 0 Å². The smallest absolute Gasteiger partial charge is 0.282 e. The molecule has 0 radical (unpaired) electrons. The Bertz CT molecular complexity index is 1250. The summed E-state index contributed by atoms with van der Waals surface area (Å²) >= 11 is 0. The van der Waals surface area contributed by atoms with Gasteiger partial charge in [-0.1, -0.05) is 231 Å². The van der Waals surface area contributed by atoms with Gasteiger partial charge in [-0.2, -0.15) is 0 Å². The molecule has 0 aromatic heterocycles. The summed E-state index contributed by atoms with van der Waals surface area (Å²) in [6.07, 6.45) is 58.6. The van der Waals surface area contributed by atoms with Crippen LogP contribution in [-0.4, -0.2) is 114 Å². The lowest BCUT2D eigenvalue weighted by Crippen LogP contribution is -2.52. The Labute approximate surface area is 577 Å². The standard InChI is InChI=1S/C79H162N2O12/c1-13-82-76(83-14-2,84-15-3)69-61-53-45-37-29-25-33-41-49-57-65-74(80,66-58-50-42-34-26-30-38-46-54-62-70-77(85-16-4,86-17-5)87-18-6)73-75(81,67-59-51-43-35-27-31-39-47-55-63-71-78(88-19-7,89-20-8)90-21-9)68-60-52-44-36-28-32-40-48-56-64-72-79(91-22-10,92-23-11)93-24-12/h13-73,80-81H2,1-12H3. The summed E-state index contributed by atoms with van der Waals surface area (Å²) in [4.78, 5) is 0. The van der Waals surface area contributed by atoms with Gasteiger partial charge in [0.15, 0.2) is 0 Å². The van der Waals surface area contributed by atoms with Gasteiger partial charge >= 0.3 is 0 Å². The zero-order valence-corrected chi connectivity index (χ0v) is 64.2. The highest BCUT2D eigenvalue weighted by molar-refractivity contribution is 4.97. The van der Waals surface area contributed by atoms with Crippen LogP contribution < -0.4 is 11.5 Å². The zero-order valence-electron chi connectivity index (χ0n) is 64.2. The van der Waals surface area contributed by atoms with Crippen molar-refractivity contribution in [1.29, 1.82) is 0 Å². The van der Waals surface area contributed by atoms with Gasteiger partial charge in [0, 0.05) is 116 Å². The van der Waals surface area contributed by atoms with Gasteiger partial charge in [0.25, 0.3) is 23.9 Å². The van der Waals surface area contributed by atoms with Crippen LogP contribution >= 0.6 is 0 Å². The maximum atomic E-state index is 7.80. The van der Waals surface area contributed by atoms with Crippen LogP contribution in [0.1, 0.15) is 398 Å². The highest BCUT2D eigenvalue weighted by atomic mass is 16.9. The molecule has 0 rings (SSSR count). The molecular formula is C79H162N2O12. The first-order valence-corrected chi connectivity index (χ1v) is 40.5. The molecule has 0 aliphatic heterocycles. The molecule has 14 nitrogen and oxygen atoms in total. The molecule has 0 aromatic rings. The van der Waals surface area contributed by atoms with E-state index >= 15 is 0 Å². The summed E-state index contributed by atoms with van der Waals surface area (Å²) in [5.41, 5.74) is 15.2. The van der Waals surface area contributed by atoms with E-state index in [4.69, 9.17) is 68.3 Å². The fourth-order valence-corrected chi connectivity index (χ4v) is 14.2.